The van der Waals surface area contributed by atoms with Gasteiger partial charge in [-0.05, 0) is 48.9 Å². The lowest BCUT2D eigenvalue weighted by molar-refractivity contribution is 0.103. The van der Waals surface area contributed by atoms with Crippen LogP contribution in [0, 0.1) is 13.8 Å². The van der Waals surface area contributed by atoms with Crippen molar-refractivity contribution in [3.63, 3.8) is 0 Å². The molecule has 3 aromatic rings. The van der Waals surface area contributed by atoms with E-state index in [1.54, 1.807) is 11.3 Å². The Hall–Kier alpha value is -1.98. The highest BCUT2D eigenvalue weighted by atomic mass is 32.1. The summed E-state index contributed by atoms with van der Waals surface area (Å²) in [6.45, 7) is 6.39. The minimum atomic E-state index is -0.0894. The topological polar surface area (TPSA) is 42.0 Å². The van der Waals surface area contributed by atoms with Crippen LogP contribution in [-0.4, -0.2) is 10.9 Å². The van der Waals surface area contributed by atoms with Crippen molar-refractivity contribution in [1.29, 1.82) is 0 Å². The fourth-order valence-corrected chi connectivity index (χ4v) is 4.18. The molecule has 0 saturated carbocycles. The Morgan fingerprint density at radius 1 is 1.21 bits per heavy atom. The van der Waals surface area contributed by atoms with Crippen molar-refractivity contribution in [2.45, 2.75) is 33.6 Å². The predicted octanol–water partition coefficient (Wildman–Crippen LogP) is 5.69. The molecule has 2 aromatic heterocycles. The Bertz CT molecular complexity index is 850. The lowest BCUT2D eigenvalue weighted by Crippen LogP contribution is -2.09. The molecule has 0 spiro atoms. The molecule has 0 aliphatic carbocycles. The fourth-order valence-electron chi connectivity index (χ4n) is 2.48. The van der Waals surface area contributed by atoms with Crippen LogP contribution >= 0.6 is 22.7 Å². The normalized spacial score (nSPS) is 10.8. The monoisotopic (exact) mass is 356 g/mol. The molecule has 0 saturated heterocycles. The lowest BCUT2D eigenvalue weighted by Gasteiger charge is -2.05. The summed E-state index contributed by atoms with van der Waals surface area (Å²) in [4.78, 5) is 18.9. The van der Waals surface area contributed by atoms with Crippen molar-refractivity contribution in [3.05, 3.63) is 56.6 Å². The van der Waals surface area contributed by atoms with E-state index >= 15 is 0 Å². The van der Waals surface area contributed by atoms with Gasteiger partial charge in [-0.1, -0.05) is 31.5 Å². The van der Waals surface area contributed by atoms with Gasteiger partial charge < -0.3 is 0 Å². The van der Waals surface area contributed by atoms with Gasteiger partial charge in [-0.25, -0.2) is 4.98 Å². The molecule has 0 unspecified atom stereocenters. The Balaban J connectivity index is 1.92. The van der Waals surface area contributed by atoms with Crippen LogP contribution in [0.1, 0.15) is 39.0 Å². The van der Waals surface area contributed by atoms with E-state index in [-0.39, 0.29) is 5.91 Å². The van der Waals surface area contributed by atoms with Crippen molar-refractivity contribution in [1.82, 2.24) is 4.98 Å². The third-order valence-electron chi connectivity index (χ3n) is 3.92. The first-order chi connectivity index (χ1) is 11.6. The molecule has 1 N–H and O–H groups in total. The number of nitrogens with one attached hydrogen (secondary N) is 1. The smallest absolute Gasteiger partial charge is 0.267 e. The summed E-state index contributed by atoms with van der Waals surface area (Å²) < 4.78 is 0. The molecule has 124 valence electrons. The number of hydrogen-bond donors (Lipinski definition) is 1. The standard InChI is InChI=1S/C19H20N2OS2/c1-4-6-15-17(14-9-8-12(2)13(3)11-14)20-19(24-15)21-18(22)16-7-5-10-23-16/h5,7-11H,4,6H2,1-3H3,(H,20,21,22). The summed E-state index contributed by atoms with van der Waals surface area (Å²) in [5, 5.41) is 5.51. The number of nitrogens with zero attached hydrogens (tertiary/aromatic N) is 1. The van der Waals surface area contributed by atoms with Crippen LogP contribution in [0.25, 0.3) is 11.3 Å². The summed E-state index contributed by atoms with van der Waals surface area (Å²) in [6, 6.07) is 10.1. The number of anilines is 1. The molecule has 1 aromatic carbocycles. The van der Waals surface area contributed by atoms with Gasteiger partial charge in [-0.3, -0.25) is 10.1 Å². The highest BCUT2D eigenvalue weighted by Gasteiger charge is 2.16. The van der Waals surface area contributed by atoms with Crippen molar-refractivity contribution in [3.8, 4) is 11.3 Å². The number of benzene rings is 1. The third-order valence-corrected chi connectivity index (χ3v) is 5.82. The summed E-state index contributed by atoms with van der Waals surface area (Å²) in [6.07, 6.45) is 2.02. The second-order valence-electron chi connectivity index (χ2n) is 5.77. The molecule has 3 rings (SSSR count). The summed E-state index contributed by atoms with van der Waals surface area (Å²) >= 11 is 3.01. The number of thiazole rings is 1. The summed E-state index contributed by atoms with van der Waals surface area (Å²) in [5.74, 6) is -0.0894. The maximum atomic E-state index is 12.3. The number of carbonyl (C=O) groups excluding carboxylic acids is 1. The van der Waals surface area contributed by atoms with E-state index in [2.05, 4.69) is 44.3 Å². The van der Waals surface area contributed by atoms with E-state index < -0.39 is 0 Å². The third kappa shape index (κ3) is 3.57. The molecule has 5 heteroatoms. The number of rotatable bonds is 5. The Morgan fingerprint density at radius 2 is 2.04 bits per heavy atom. The second-order valence-corrected chi connectivity index (χ2v) is 7.80. The molecule has 0 aliphatic rings. The number of aromatic nitrogens is 1. The minimum absolute atomic E-state index is 0.0894. The van der Waals surface area contributed by atoms with Crippen LogP contribution < -0.4 is 5.32 Å². The van der Waals surface area contributed by atoms with Crippen molar-refractivity contribution >= 4 is 33.7 Å². The minimum Gasteiger partial charge on any atom is -0.297 e. The highest BCUT2D eigenvalue weighted by Crippen LogP contribution is 2.33. The first-order valence-corrected chi connectivity index (χ1v) is 9.70. The van der Waals surface area contributed by atoms with E-state index in [0.717, 1.165) is 24.1 Å². The van der Waals surface area contributed by atoms with Gasteiger partial charge in [0, 0.05) is 10.4 Å². The highest BCUT2D eigenvalue weighted by molar-refractivity contribution is 7.16. The van der Waals surface area contributed by atoms with Gasteiger partial charge in [0.2, 0.25) is 0 Å². The van der Waals surface area contributed by atoms with Gasteiger partial charge in [0.05, 0.1) is 10.6 Å². The molecule has 0 aliphatic heterocycles. The molecule has 24 heavy (non-hydrogen) atoms. The van der Waals surface area contributed by atoms with Gasteiger partial charge in [0.1, 0.15) is 0 Å². The maximum absolute atomic E-state index is 12.3. The first-order valence-electron chi connectivity index (χ1n) is 8.00. The number of hydrogen-bond acceptors (Lipinski definition) is 4. The van der Waals surface area contributed by atoms with E-state index in [9.17, 15) is 4.79 Å². The molecular formula is C19H20N2OS2. The molecular weight excluding hydrogens is 336 g/mol. The Kier molecular flexibility index (Phi) is 5.11. The van der Waals surface area contributed by atoms with Crippen LogP contribution in [0.4, 0.5) is 5.13 Å². The zero-order chi connectivity index (χ0) is 17.1. The second kappa shape index (κ2) is 7.28. The van der Waals surface area contributed by atoms with Gasteiger partial charge in [-0.2, -0.15) is 0 Å². The largest absolute Gasteiger partial charge is 0.297 e. The number of thiophene rings is 1. The van der Waals surface area contributed by atoms with Gasteiger partial charge in [0.15, 0.2) is 5.13 Å². The van der Waals surface area contributed by atoms with Gasteiger partial charge >= 0.3 is 0 Å². The van der Waals surface area contributed by atoms with Crippen LogP contribution in [0.2, 0.25) is 0 Å². The maximum Gasteiger partial charge on any atom is 0.267 e. The average molecular weight is 357 g/mol. The summed E-state index contributed by atoms with van der Waals surface area (Å²) in [7, 11) is 0. The van der Waals surface area contributed by atoms with Gasteiger partial charge in [0.25, 0.3) is 5.91 Å². The molecule has 0 bridgehead atoms. The predicted molar refractivity (Wildman–Crippen MR) is 103 cm³/mol. The molecule has 0 fully saturated rings. The average Bonchev–Trinajstić information content (AvgIpc) is 3.20. The quantitative estimate of drug-likeness (QED) is 0.638. The number of amides is 1. The number of carbonyl (C=O) groups is 1. The van der Waals surface area contributed by atoms with Crippen LogP contribution in [0.5, 0.6) is 0 Å². The van der Waals surface area contributed by atoms with Crippen molar-refractivity contribution < 1.29 is 4.79 Å². The van der Waals surface area contributed by atoms with Crippen LogP contribution in [-0.2, 0) is 6.42 Å². The van der Waals surface area contributed by atoms with Crippen LogP contribution in [0.3, 0.4) is 0 Å². The molecule has 0 atom stereocenters. The number of aryl methyl sites for hydroxylation is 3. The van der Waals surface area contributed by atoms with Crippen LogP contribution in [0.15, 0.2) is 35.7 Å². The summed E-state index contributed by atoms with van der Waals surface area (Å²) in [5.41, 5.74) is 4.64. The Labute approximate surface area is 150 Å². The zero-order valence-corrected chi connectivity index (χ0v) is 15.7. The van der Waals surface area contributed by atoms with E-state index in [4.69, 9.17) is 4.98 Å². The first kappa shape index (κ1) is 16.9. The molecule has 0 radical (unpaired) electrons. The Morgan fingerprint density at radius 3 is 2.71 bits per heavy atom. The lowest BCUT2D eigenvalue weighted by atomic mass is 10.0. The SMILES string of the molecule is CCCc1sc(NC(=O)c2cccs2)nc1-c1ccc(C)c(C)c1. The van der Waals surface area contributed by atoms with E-state index in [0.29, 0.717) is 10.0 Å². The van der Waals surface area contributed by atoms with Crippen molar-refractivity contribution in [2.75, 3.05) is 5.32 Å². The zero-order valence-electron chi connectivity index (χ0n) is 14.1. The fraction of sp³-hybridized carbons (Fsp3) is 0.263. The van der Waals surface area contributed by atoms with Gasteiger partial charge in [-0.15, -0.1) is 22.7 Å². The molecule has 1 amide bonds. The molecule has 3 nitrogen and oxygen atoms in total. The molecule has 2 heterocycles. The van der Waals surface area contributed by atoms with E-state index in [1.807, 2.05) is 17.5 Å². The van der Waals surface area contributed by atoms with E-state index in [1.165, 1.54) is 27.3 Å². The van der Waals surface area contributed by atoms with Crippen molar-refractivity contribution in [2.24, 2.45) is 0 Å².